The minimum atomic E-state index is -3.67. The molecule has 0 unspecified atom stereocenters. The van der Waals surface area contributed by atoms with Crippen LogP contribution in [0.15, 0.2) is 23.1 Å². The Morgan fingerprint density at radius 3 is 2.70 bits per heavy atom. The van der Waals surface area contributed by atoms with Crippen molar-refractivity contribution in [2.75, 3.05) is 20.1 Å². The highest BCUT2D eigenvalue weighted by Crippen LogP contribution is 2.20. The van der Waals surface area contributed by atoms with Crippen LogP contribution in [-0.4, -0.2) is 32.9 Å². The van der Waals surface area contributed by atoms with Crippen LogP contribution in [0.2, 0.25) is 0 Å². The van der Waals surface area contributed by atoms with Crippen LogP contribution in [0.3, 0.4) is 0 Å². The van der Waals surface area contributed by atoms with E-state index < -0.39 is 15.8 Å². The summed E-state index contributed by atoms with van der Waals surface area (Å²) in [6.07, 6.45) is 1.66. The molecule has 110 valence electrons. The van der Waals surface area contributed by atoms with E-state index in [1.54, 1.807) is 0 Å². The molecule has 0 aliphatic rings. The van der Waals surface area contributed by atoms with E-state index in [2.05, 4.69) is 11.8 Å². The molecule has 0 heterocycles. The van der Waals surface area contributed by atoms with Crippen molar-refractivity contribution in [1.82, 2.24) is 4.31 Å². The van der Waals surface area contributed by atoms with Gasteiger partial charge in [-0.15, -0.1) is 0 Å². The van der Waals surface area contributed by atoms with Gasteiger partial charge in [-0.1, -0.05) is 25.2 Å². The molecular formula is C14H19FN2O2S. The number of rotatable bonds is 5. The van der Waals surface area contributed by atoms with Gasteiger partial charge in [0.15, 0.2) is 0 Å². The molecule has 6 heteroatoms. The van der Waals surface area contributed by atoms with Gasteiger partial charge >= 0.3 is 0 Å². The fourth-order valence-corrected chi connectivity index (χ4v) is 2.97. The van der Waals surface area contributed by atoms with Crippen LogP contribution in [0.5, 0.6) is 0 Å². The zero-order valence-electron chi connectivity index (χ0n) is 11.7. The van der Waals surface area contributed by atoms with Crippen molar-refractivity contribution in [3.8, 4) is 11.8 Å². The fraction of sp³-hybridized carbons (Fsp3) is 0.429. The van der Waals surface area contributed by atoms with Crippen LogP contribution < -0.4 is 5.73 Å². The quantitative estimate of drug-likeness (QED) is 0.839. The van der Waals surface area contributed by atoms with Crippen LogP contribution in [-0.2, 0) is 10.0 Å². The van der Waals surface area contributed by atoms with E-state index in [1.807, 2.05) is 6.92 Å². The first-order chi connectivity index (χ1) is 9.43. The minimum absolute atomic E-state index is 0.0125. The second kappa shape index (κ2) is 7.39. The smallest absolute Gasteiger partial charge is 0.244 e. The first-order valence-electron chi connectivity index (χ1n) is 6.38. The number of unbranched alkanes of at least 4 members (excludes halogenated alkanes) is 1. The van der Waals surface area contributed by atoms with Crippen molar-refractivity contribution in [3.63, 3.8) is 0 Å². The zero-order chi connectivity index (χ0) is 15.2. The van der Waals surface area contributed by atoms with E-state index in [-0.39, 0.29) is 17.0 Å². The van der Waals surface area contributed by atoms with E-state index in [1.165, 1.54) is 17.4 Å². The SMILES string of the molecule is CCCCN(C)S(=O)(=O)c1ccc(F)cc1C#CCN. The molecule has 0 atom stereocenters. The molecule has 1 rings (SSSR count). The second-order valence-corrected chi connectivity index (χ2v) is 6.34. The number of nitrogens with two attached hydrogens (primary N) is 1. The third-order valence-electron chi connectivity index (χ3n) is 2.78. The maximum atomic E-state index is 13.3. The van der Waals surface area contributed by atoms with Crippen molar-refractivity contribution in [1.29, 1.82) is 0 Å². The van der Waals surface area contributed by atoms with Crippen molar-refractivity contribution in [3.05, 3.63) is 29.6 Å². The number of hydrogen-bond acceptors (Lipinski definition) is 3. The largest absolute Gasteiger partial charge is 0.320 e. The van der Waals surface area contributed by atoms with Crippen LogP contribution in [0, 0.1) is 17.7 Å². The van der Waals surface area contributed by atoms with Gasteiger partial charge in [-0.3, -0.25) is 0 Å². The molecule has 4 nitrogen and oxygen atoms in total. The molecule has 0 saturated carbocycles. The predicted molar refractivity (Wildman–Crippen MR) is 77.1 cm³/mol. The van der Waals surface area contributed by atoms with Crippen LogP contribution >= 0.6 is 0 Å². The van der Waals surface area contributed by atoms with Crippen LogP contribution in [0.25, 0.3) is 0 Å². The maximum Gasteiger partial charge on any atom is 0.244 e. The molecule has 0 spiro atoms. The lowest BCUT2D eigenvalue weighted by atomic mass is 10.2. The Hall–Kier alpha value is -1.42. The van der Waals surface area contributed by atoms with Gasteiger partial charge in [0.2, 0.25) is 10.0 Å². The van der Waals surface area contributed by atoms with Gasteiger partial charge in [0.1, 0.15) is 5.82 Å². The lowest BCUT2D eigenvalue weighted by Gasteiger charge is -2.17. The molecule has 0 aliphatic heterocycles. The fourth-order valence-electron chi connectivity index (χ4n) is 1.64. The summed E-state index contributed by atoms with van der Waals surface area (Å²) in [6.45, 7) is 2.48. The molecule has 0 bridgehead atoms. The molecule has 2 N–H and O–H groups in total. The molecule has 1 aromatic rings. The Morgan fingerprint density at radius 2 is 2.10 bits per heavy atom. The average molecular weight is 298 g/mol. The van der Waals surface area contributed by atoms with Crippen LogP contribution in [0.1, 0.15) is 25.3 Å². The summed E-state index contributed by atoms with van der Waals surface area (Å²) in [5, 5.41) is 0. The van der Waals surface area contributed by atoms with Crippen molar-refractivity contribution in [2.24, 2.45) is 5.73 Å². The van der Waals surface area contributed by atoms with E-state index >= 15 is 0 Å². The molecular weight excluding hydrogens is 279 g/mol. The number of halogens is 1. The van der Waals surface area contributed by atoms with Gasteiger partial charge in [-0.05, 0) is 24.6 Å². The molecule has 0 amide bonds. The second-order valence-electron chi connectivity index (χ2n) is 4.33. The number of sulfonamides is 1. The third kappa shape index (κ3) is 4.04. The van der Waals surface area contributed by atoms with Crippen molar-refractivity contribution < 1.29 is 12.8 Å². The highest BCUT2D eigenvalue weighted by Gasteiger charge is 2.23. The van der Waals surface area contributed by atoms with Gasteiger partial charge in [-0.25, -0.2) is 17.1 Å². The Bertz CT molecular complexity index is 618. The summed E-state index contributed by atoms with van der Waals surface area (Å²) in [4.78, 5) is 0.0125. The molecule has 0 aliphatic carbocycles. The molecule has 1 aromatic carbocycles. The Labute approximate surface area is 119 Å². The molecule has 0 fully saturated rings. The Morgan fingerprint density at radius 1 is 1.40 bits per heavy atom. The monoisotopic (exact) mass is 298 g/mol. The third-order valence-corrected chi connectivity index (χ3v) is 4.70. The van der Waals surface area contributed by atoms with Gasteiger partial charge in [-0.2, -0.15) is 0 Å². The highest BCUT2D eigenvalue weighted by molar-refractivity contribution is 7.89. The Balaban J connectivity index is 3.23. The summed E-state index contributed by atoms with van der Waals surface area (Å²) in [5.41, 5.74) is 5.41. The van der Waals surface area contributed by atoms with Gasteiger partial charge in [0, 0.05) is 19.2 Å². The summed E-state index contributed by atoms with van der Waals surface area (Å²) >= 11 is 0. The first-order valence-corrected chi connectivity index (χ1v) is 7.82. The lowest BCUT2D eigenvalue weighted by Crippen LogP contribution is -2.28. The van der Waals surface area contributed by atoms with Gasteiger partial charge in [0.25, 0.3) is 0 Å². The van der Waals surface area contributed by atoms with Crippen LogP contribution in [0.4, 0.5) is 4.39 Å². The number of benzene rings is 1. The molecule has 20 heavy (non-hydrogen) atoms. The van der Waals surface area contributed by atoms with E-state index in [0.29, 0.717) is 6.54 Å². The normalized spacial score (nSPS) is 11.2. The summed E-state index contributed by atoms with van der Waals surface area (Å²) < 4.78 is 39.4. The van der Waals surface area contributed by atoms with E-state index in [9.17, 15) is 12.8 Å². The van der Waals surface area contributed by atoms with E-state index in [0.717, 1.165) is 25.0 Å². The summed E-state index contributed by atoms with van der Waals surface area (Å²) in [5.74, 6) is 4.64. The lowest BCUT2D eigenvalue weighted by molar-refractivity contribution is 0.459. The van der Waals surface area contributed by atoms with Crippen molar-refractivity contribution >= 4 is 10.0 Å². The highest BCUT2D eigenvalue weighted by atomic mass is 32.2. The van der Waals surface area contributed by atoms with Crippen molar-refractivity contribution in [2.45, 2.75) is 24.7 Å². The summed E-state index contributed by atoms with van der Waals surface area (Å²) in [7, 11) is -2.16. The average Bonchev–Trinajstić information content (AvgIpc) is 2.42. The topological polar surface area (TPSA) is 63.4 Å². The standard InChI is InChI=1S/C14H19FN2O2S/c1-3-4-10-17(2)20(18,19)14-8-7-13(15)11-12(14)6-5-9-16/h7-8,11H,3-4,9-10,16H2,1-2H3. The van der Waals surface area contributed by atoms with E-state index in [4.69, 9.17) is 5.73 Å². The minimum Gasteiger partial charge on any atom is -0.320 e. The molecule has 0 aromatic heterocycles. The number of nitrogens with zero attached hydrogens (tertiary/aromatic N) is 1. The summed E-state index contributed by atoms with van der Waals surface area (Å²) in [6, 6.07) is 3.48. The van der Waals surface area contributed by atoms with Gasteiger partial charge < -0.3 is 5.73 Å². The van der Waals surface area contributed by atoms with Gasteiger partial charge in [0.05, 0.1) is 11.4 Å². The first kappa shape index (κ1) is 16.6. The Kier molecular flexibility index (Phi) is 6.14. The molecule has 0 saturated heterocycles. The predicted octanol–water partition coefficient (Wildman–Crippen LogP) is 1.56. The zero-order valence-corrected chi connectivity index (χ0v) is 12.5. The number of hydrogen-bond donors (Lipinski definition) is 1. The molecule has 0 radical (unpaired) electrons. The maximum absolute atomic E-state index is 13.3.